The van der Waals surface area contributed by atoms with E-state index in [0.717, 1.165) is 18.4 Å². The van der Waals surface area contributed by atoms with Gasteiger partial charge in [-0.2, -0.15) is 0 Å². The van der Waals surface area contributed by atoms with Gasteiger partial charge in [-0.25, -0.2) is 4.98 Å². The first kappa shape index (κ1) is 18.2. The molecule has 1 saturated carbocycles. The number of aliphatic hydroxyl groups is 1. The standard InChI is InChI=1S/C20H20ClN3O2/c21-15-5-1-4-14(12-15)8-10-20(26)9-2-6-16(13-20)24-19(25)17-7-3-11-23-18(17)22/h1,3-5,7,11-12,16,26H,2,6,9,13H2,(H2,22,23)(H,24,25)/t16-,20+/m0/s1. The smallest absolute Gasteiger partial charge is 0.255 e. The molecule has 3 rings (SSSR count). The Bertz CT molecular complexity index is 875. The third-order valence-corrected chi connectivity index (χ3v) is 4.64. The van der Waals surface area contributed by atoms with E-state index < -0.39 is 5.60 Å². The Labute approximate surface area is 157 Å². The molecule has 1 aromatic heterocycles. The van der Waals surface area contributed by atoms with Crippen LogP contribution in [0.15, 0.2) is 42.6 Å². The number of anilines is 1. The minimum absolute atomic E-state index is 0.172. The molecule has 6 heteroatoms. The molecule has 0 aliphatic heterocycles. The van der Waals surface area contributed by atoms with Gasteiger partial charge in [0, 0.05) is 29.2 Å². The van der Waals surface area contributed by atoms with E-state index in [0.29, 0.717) is 23.4 Å². The Hall–Kier alpha value is -2.55. The van der Waals surface area contributed by atoms with Gasteiger partial charge in [-0.1, -0.05) is 29.5 Å². The molecule has 5 nitrogen and oxygen atoms in total. The van der Waals surface area contributed by atoms with Gasteiger partial charge in [0.2, 0.25) is 0 Å². The number of rotatable bonds is 2. The second-order valence-corrected chi connectivity index (χ2v) is 6.93. The minimum atomic E-state index is -1.14. The molecule has 1 fully saturated rings. The number of nitrogens with zero attached hydrogens (tertiary/aromatic N) is 1. The third kappa shape index (κ3) is 4.54. The fraction of sp³-hybridized carbons (Fsp3) is 0.300. The average molecular weight is 370 g/mol. The first-order valence-corrected chi connectivity index (χ1v) is 8.85. The van der Waals surface area contributed by atoms with Crippen molar-refractivity contribution in [3.8, 4) is 11.8 Å². The molecule has 1 aliphatic carbocycles. The first-order chi connectivity index (χ1) is 12.5. The van der Waals surface area contributed by atoms with Crippen LogP contribution in [0.2, 0.25) is 5.02 Å². The molecule has 134 valence electrons. The zero-order valence-corrected chi connectivity index (χ0v) is 15.0. The molecule has 4 N–H and O–H groups in total. The second-order valence-electron chi connectivity index (χ2n) is 6.49. The lowest BCUT2D eigenvalue weighted by molar-refractivity contribution is 0.0452. The molecule has 1 aromatic carbocycles. The SMILES string of the molecule is Nc1ncccc1C(=O)N[C@H]1CCC[C@@](O)(C#Cc2cccc(Cl)c2)C1. The highest BCUT2D eigenvalue weighted by Gasteiger charge is 2.33. The lowest BCUT2D eigenvalue weighted by Crippen LogP contribution is -2.45. The topological polar surface area (TPSA) is 88.2 Å². The van der Waals surface area contributed by atoms with E-state index in [1.54, 1.807) is 24.3 Å². The predicted molar refractivity (Wildman–Crippen MR) is 102 cm³/mol. The molecule has 0 bridgehead atoms. The number of nitrogen functional groups attached to an aromatic ring is 1. The average Bonchev–Trinajstić information content (AvgIpc) is 2.61. The normalized spacial score (nSPS) is 22.2. The predicted octanol–water partition coefficient (Wildman–Crippen LogP) is 2.77. The number of aromatic nitrogens is 1. The third-order valence-electron chi connectivity index (χ3n) is 4.41. The van der Waals surface area contributed by atoms with Crippen molar-refractivity contribution < 1.29 is 9.90 Å². The van der Waals surface area contributed by atoms with Gasteiger partial charge in [0.1, 0.15) is 11.4 Å². The van der Waals surface area contributed by atoms with Crippen LogP contribution in [0.5, 0.6) is 0 Å². The molecule has 1 heterocycles. The monoisotopic (exact) mass is 369 g/mol. The van der Waals surface area contributed by atoms with Crippen molar-refractivity contribution in [3.05, 3.63) is 58.7 Å². The maximum absolute atomic E-state index is 12.4. The summed E-state index contributed by atoms with van der Waals surface area (Å²) in [5, 5.41) is 14.3. The first-order valence-electron chi connectivity index (χ1n) is 8.48. The number of pyridine rings is 1. The number of hydrogen-bond acceptors (Lipinski definition) is 4. The van der Waals surface area contributed by atoms with Crippen LogP contribution in [0.4, 0.5) is 5.82 Å². The molecule has 0 spiro atoms. The van der Waals surface area contributed by atoms with E-state index in [-0.39, 0.29) is 17.8 Å². The van der Waals surface area contributed by atoms with Crippen molar-refractivity contribution in [2.45, 2.75) is 37.3 Å². The molecule has 2 atom stereocenters. The van der Waals surface area contributed by atoms with Crippen molar-refractivity contribution in [3.63, 3.8) is 0 Å². The van der Waals surface area contributed by atoms with E-state index in [4.69, 9.17) is 17.3 Å². The van der Waals surface area contributed by atoms with Crippen LogP contribution in [-0.2, 0) is 0 Å². The number of nitrogens with one attached hydrogen (secondary N) is 1. The van der Waals surface area contributed by atoms with Gasteiger partial charge in [-0.3, -0.25) is 4.79 Å². The quantitative estimate of drug-likeness (QED) is 0.710. The summed E-state index contributed by atoms with van der Waals surface area (Å²) in [7, 11) is 0. The summed E-state index contributed by atoms with van der Waals surface area (Å²) >= 11 is 5.96. The highest BCUT2D eigenvalue weighted by Crippen LogP contribution is 2.28. The zero-order chi connectivity index (χ0) is 18.6. The number of halogens is 1. The maximum Gasteiger partial charge on any atom is 0.255 e. The fourth-order valence-corrected chi connectivity index (χ4v) is 3.31. The van der Waals surface area contributed by atoms with Crippen LogP contribution < -0.4 is 11.1 Å². The Morgan fingerprint density at radius 1 is 1.38 bits per heavy atom. The number of carbonyl (C=O) groups is 1. The Morgan fingerprint density at radius 3 is 3.00 bits per heavy atom. The molecule has 2 aromatic rings. The van der Waals surface area contributed by atoms with Crippen molar-refractivity contribution in [2.75, 3.05) is 5.73 Å². The van der Waals surface area contributed by atoms with E-state index >= 15 is 0 Å². The van der Waals surface area contributed by atoms with Gasteiger partial charge in [0.25, 0.3) is 5.91 Å². The van der Waals surface area contributed by atoms with Crippen molar-refractivity contribution in [2.24, 2.45) is 0 Å². The molecule has 0 unspecified atom stereocenters. The van der Waals surface area contributed by atoms with Gasteiger partial charge in [-0.05, 0) is 49.6 Å². The highest BCUT2D eigenvalue weighted by atomic mass is 35.5. The summed E-state index contributed by atoms with van der Waals surface area (Å²) in [6, 6.07) is 10.3. The summed E-state index contributed by atoms with van der Waals surface area (Å²) in [5.74, 6) is 5.84. The highest BCUT2D eigenvalue weighted by molar-refractivity contribution is 6.30. The largest absolute Gasteiger partial charge is 0.383 e. The van der Waals surface area contributed by atoms with Crippen molar-refractivity contribution >= 4 is 23.3 Å². The van der Waals surface area contributed by atoms with Crippen LogP contribution >= 0.6 is 11.6 Å². The van der Waals surface area contributed by atoms with Crippen LogP contribution in [0.1, 0.15) is 41.6 Å². The van der Waals surface area contributed by atoms with E-state index in [2.05, 4.69) is 22.1 Å². The minimum Gasteiger partial charge on any atom is -0.383 e. The van der Waals surface area contributed by atoms with E-state index in [1.807, 2.05) is 12.1 Å². The Kier molecular flexibility index (Phi) is 5.46. The van der Waals surface area contributed by atoms with Crippen LogP contribution in [0, 0.1) is 11.8 Å². The second kappa shape index (κ2) is 7.77. The Balaban J connectivity index is 1.69. The molecular weight excluding hydrogens is 350 g/mol. The molecule has 0 saturated heterocycles. The maximum atomic E-state index is 12.4. The van der Waals surface area contributed by atoms with Crippen molar-refractivity contribution in [1.82, 2.24) is 10.3 Å². The van der Waals surface area contributed by atoms with Gasteiger partial charge < -0.3 is 16.2 Å². The number of nitrogens with two attached hydrogens (primary N) is 1. The fourth-order valence-electron chi connectivity index (χ4n) is 3.12. The number of hydrogen-bond donors (Lipinski definition) is 3. The summed E-state index contributed by atoms with van der Waals surface area (Å²) in [6.45, 7) is 0. The molecule has 0 radical (unpaired) electrons. The van der Waals surface area contributed by atoms with Gasteiger partial charge in [0.15, 0.2) is 0 Å². The summed E-state index contributed by atoms with van der Waals surface area (Å²) in [4.78, 5) is 16.3. The van der Waals surface area contributed by atoms with Crippen LogP contribution in [-0.4, -0.2) is 27.6 Å². The Morgan fingerprint density at radius 2 is 2.23 bits per heavy atom. The summed E-state index contributed by atoms with van der Waals surface area (Å²) in [5.41, 5.74) is 5.70. The zero-order valence-electron chi connectivity index (χ0n) is 14.2. The number of benzene rings is 1. The molecule has 1 aliphatic rings. The molecule has 1 amide bonds. The summed E-state index contributed by atoms with van der Waals surface area (Å²) in [6.07, 6.45) is 4.03. The van der Waals surface area contributed by atoms with Gasteiger partial charge in [0.05, 0.1) is 5.56 Å². The van der Waals surface area contributed by atoms with Crippen molar-refractivity contribution in [1.29, 1.82) is 0 Å². The van der Waals surface area contributed by atoms with Crippen LogP contribution in [0.3, 0.4) is 0 Å². The van der Waals surface area contributed by atoms with Gasteiger partial charge in [-0.15, -0.1) is 0 Å². The van der Waals surface area contributed by atoms with E-state index in [9.17, 15) is 9.90 Å². The van der Waals surface area contributed by atoms with Gasteiger partial charge >= 0.3 is 0 Å². The summed E-state index contributed by atoms with van der Waals surface area (Å²) < 4.78 is 0. The lowest BCUT2D eigenvalue weighted by Gasteiger charge is -2.33. The number of amides is 1. The molecule has 26 heavy (non-hydrogen) atoms. The lowest BCUT2D eigenvalue weighted by atomic mass is 9.82. The van der Waals surface area contributed by atoms with Crippen LogP contribution in [0.25, 0.3) is 0 Å². The van der Waals surface area contributed by atoms with E-state index in [1.165, 1.54) is 6.20 Å². The number of carbonyl (C=O) groups excluding carboxylic acids is 1. The molecular formula is C20H20ClN3O2.